The van der Waals surface area contributed by atoms with Gasteiger partial charge in [0.15, 0.2) is 6.61 Å². The van der Waals surface area contributed by atoms with E-state index in [0.717, 1.165) is 6.42 Å². The zero-order valence-electron chi connectivity index (χ0n) is 14.8. The number of carbonyl (C=O) groups is 3. The molecule has 2 aromatic rings. The van der Waals surface area contributed by atoms with Crippen molar-refractivity contribution in [2.75, 3.05) is 23.4 Å². The van der Waals surface area contributed by atoms with E-state index in [1.54, 1.807) is 23.1 Å². The van der Waals surface area contributed by atoms with Crippen LogP contribution < -0.4 is 10.2 Å². The van der Waals surface area contributed by atoms with E-state index in [1.165, 1.54) is 30.3 Å². The summed E-state index contributed by atoms with van der Waals surface area (Å²) in [7, 11) is 0. The molecule has 2 aromatic carbocycles. The quantitative estimate of drug-likeness (QED) is 0.465. The summed E-state index contributed by atoms with van der Waals surface area (Å²) in [5.74, 6) is -1.33. The number of nitrogens with one attached hydrogen (secondary N) is 1. The van der Waals surface area contributed by atoms with Gasteiger partial charge in [0.2, 0.25) is 5.91 Å². The van der Waals surface area contributed by atoms with Crippen LogP contribution >= 0.6 is 0 Å². The monoisotopic (exact) mass is 383 g/mol. The lowest BCUT2D eigenvalue weighted by atomic mass is 10.2. The van der Waals surface area contributed by atoms with Crippen molar-refractivity contribution in [2.45, 2.75) is 12.8 Å². The third kappa shape index (κ3) is 4.50. The first kappa shape index (κ1) is 19.0. The van der Waals surface area contributed by atoms with Gasteiger partial charge in [-0.05, 0) is 30.7 Å². The van der Waals surface area contributed by atoms with Crippen molar-refractivity contribution in [3.63, 3.8) is 0 Å². The predicted molar refractivity (Wildman–Crippen MR) is 100 cm³/mol. The zero-order chi connectivity index (χ0) is 20.1. The fourth-order valence-corrected chi connectivity index (χ4v) is 2.83. The van der Waals surface area contributed by atoms with Crippen LogP contribution in [0.5, 0.6) is 0 Å². The van der Waals surface area contributed by atoms with Gasteiger partial charge in [-0.2, -0.15) is 0 Å². The first-order valence-electron chi connectivity index (χ1n) is 8.56. The molecule has 28 heavy (non-hydrogen) atoms. The molecule has 0 saturated carbocycles. The molecular weight excluding hydrogens is 366 g/mol. The number of rotatable bonds is 6. The van der Waals surface area contributed by atoms with Crippen LogP contribution in [0.3, 0.4) is 0 Å². The van der Waals surface area contributed by atoms with Crippen LogP contribution in [0.1, 0.15) is 23.2 Å². The Kier molecular flexibility index (Phi) is 5.64. The molecule has 0 spiro atoms. The van der Waals surface area contributed by atoms with Crippen molar-refractivity contribution in [2.24, 2.45) is 0 Å². The van der Waals surface area contributed by atoms with Crippen LogP contribution in [0.15, 0.2) is 48.5 Å². The molecule has 0 atom stereocenters. The van der Waals surface area contributed by atoms with Crippen molar-refractivity contribution in [1.82, 2.24) is 0 Å². The number of nitro benzene ring substituents is 1. The lowest BCUT2D eigenvalue weighted by Crippen LogP contribution is -2.24. The van der Waals surface area contributed by atoms with Crippen LogP contribution in [-0.4, -0.2) is 35.9 Å². The summed E-state index contributed by atoms with van der Waals surface area (Å²) >= 11 is 0. The third-order valence-corrected chi connectivity index (χ3v) is 4.14. The van der Waals surface area contributed by atoms with Gasteiger partial charge in [0.1, 0.15) is 0 Å². The van der Waals surface area contributed by atoms with Gasteiger partial charge in [-0.15, -0.1) is 0 Å². The fraction of sp³-hybridized carbons (Fsp3) is 0.211. The molecule has 1 saturated heterocycles. The maximum Gasteiger partial charge on any atom is 0.338 e. The van der Waals surface area contributed by atoms with Crippen LogP contribution in [0.25, 0.3) is 0 Å². The van der Waals surface area contributed by atoms with E-state index < -0.39 is 23.4 Å². The molecule has 0 bridgehead atoms. The van der Waals surface area contributed by atoms with E-state index in [-0.39, 0.29) is 22.8 Å². The smallest absolute Gasteiger partial charge is 0.338 e. The number of esters is 1. The minimum atomic E-state index is -0.706. The van der Waals surface area contributed by atoms with Crippen molar-refractivity contribution in [1.29, 1.82) is 0 Å². The molecule has 0 aromatic heterocycles. The molecule has 0 aliphatic carbocycles. The highest BCUT2D eigenvalue weighted by atomic mass is 16.6. The average molecular weight is 383 g/mol. The molecule has 9 nitrogen and oxygen atoms in total. The van der Waals surface area contributed by atoms with Crippen molar-refractivity contribution in [3.05, 3.63) is 64.2 Å². The normalized spacial score (nSPS) is 13.3. The van der Waals surface area contributed by atoms with Gasteiger partial charge in [0, 0.05) is 36.5 Å². The first-order valence-corrected chi connectivity index (χ1v) is 8.56. The van der Waals surface area contributed by atoms with Crippen molar-refractivity contribution in [3.8, 4) is 0 Å². The number of carbonyl (C=O) groups excluding carboxylic acids is 3. The number of hydrogen-bond donors (Lipinski definition) is 1. The number of nitrogens with zero attached hydrogens (tertiary/aromatic N) is 2. The highest BCUT2D eigenvalue weighted by Gasteiger charge is 2.22. The van der Waals surface area contributed by atoms with Gasteiger partial charge in [-0.25, -0.2) is 4.79 Å². The number of benzene rings is 2. The van der Waals surface area contributed by atoms with Crippen LogP contribution in [0, 0.1) is 10.1 Å². The minimum absolute atomic E-state index is 0.00171. The van der Waals surface area contributed by atoms with E-state index in [4.69, 9.17) is 4.74 Å². The maximum absolute atomic E-state index is 12.2. The molecule has 1 fully saturated rings. The van der Waals surface area contributed by atoms with Gasteiger partial charge in [-0.3, -0.25) is 19.7 Å². The van der Waals surface area contributed by atoms with E-state index in [0.29, 0.717) is 18.7 Å². The molecule has 9 heteroatoms. The Hall–Kier alpha value is -3.75. The third-order valence-electron chi connectivity index (χ3n) is 4.14. The molecule has 144 valence electrons. The Morgan fingerprint density at radius 2 is 1.96 bits per heavy atom. The summed E-state index contributed by atoms with van der Waals surface area (Å²) in [6.45, 7) is 0.0529. The summed E-state index contributed by atoms with van der Waals surface area (Å²) in [4.78, 5) is 47.7. The predicted octanol–water partition coefficient (Wildman–Crippen LogP) is 2.52. The Balaban J connectivity index is 1.58. The van der Waals surface area contributed by atoms with Crippen molar-refractivity contribution < 1.29 is 24.0 Å². The van der Waals surface area contributed by atoms with Gasteiger partial charge in [0.25, 0.3) is 11.6 Å². The topological polar surface area (TPSA) is 119 Å². The molecule has 1 N–H and O–H groups in total. The Morgan fingerprint density at radius 3 is 2.68 bits per heavy atom. The first-order chi connectivity index (χ1) is 13.4. The lowest BCUT2D eigenvalue weighted by molar-refractivity contribution is -0.384. The standard InChI is InChI=1S/C19H17N3O6/c23-17(20-14-5-2-7-16(11-14)22(26)27)12-28-19(25)13-4-1-6-15(10-13)21-9-3-8-18(21)24/h1-2,4-7,10-11H,3,8-9,12H2,(H,20,23). The van der Waals surface area contributed by atoms with Crippen molar-refractivity contribution >= 4 is 34.8 Å². The zero-order valence-corrected chi connectivity index (χ0v) is 14.8. The number of hydrogen-bond acceptors (Lipinski definition) is 6. The minimum Gasteiger partial charge on any atom is -0.452 e. The average Bonchev–Trinajstić information content (AvgIpc) is 3.12. The number of nitro groups is 1. The summed E-state index contributed by atoms with van der Waals surface area (Å²) < 4.78 is 5.00. The van der Waals surface area contributed by atoms with Gasteiger partial charge < -0.3 is 15.0 Å². The van der Waals surface area contributed by atoms with E-state index in [9.17, 15) is 24.5 Å². The SMILES string of the molecule is O=C(COC(=O)c1cccc(N2CCCC2=O)c1)Nc1cccc([N+](=O)[O-])c1. The second-order valence-electron chi connectivity index (χ2n) is 6.13. The van der Waals surface area contributed by atoms with Gasteiger partial charge >= 0.3 is 5.97 Å². The van der Waals surface area contributed by atoms with E-state index >= 15 is 0 Å². The largest absolute Gasteiger partial charge is 0.452 e. The summed E-state index contributed by atoms with van der Waals surface area (Å²) in [6.07, 6.45) is 1.25. The molecule has 1 aliphatic heterocycles. The number of non-ortho nitro benzene ring substituents is 1. The van der Waals surface area contributed by atoms with E-state index in [2.05, 4.69) is 5.32 Å². The highest BCUT2D eigenvalue weighted by molar-refractivity contribution is 5.98. The number of amides is 2. The van der Waals surface area contributed by atoms with E-state index in [1.807, 2.05) is 0 Å². The molecule has 1 heterocycles. The second kappa shape index (κ2) is 8.30. The molecule has 3 rings (SSSR count). The Labute approximate surface area is 160 Å². The summed E-state index contributed by atoms with van der Waals surface area (Å²) in [5, 5.41) is 13.2. The Bertz CT molecular complexity index is 943. The van der Waals surface area contributed by atoms with Gasteiger partial charge in [0.05, 0.1) is 10.5 Å². The second-order valence-corrected chi connectivity index (χ2v) is 6.13. The van der Waals surface area contributed by atoms with Crippen LogP contribution in [-0.2, 0) is 14.3 Å². The summed E-state index contributed by atoms with van der Waals surface area (Å²) in [6, 6.07) is 11.9. The number of anilines is 2. The summed E-state index contributed by atoms with van der Waals surface area (Å²) in [5.41, 5.74) is 0.895. The maximum atomic E-state index is 12.2. The van der Waals surface area contributed by atoms with Crippen LogP contribution in [0.4, 0.5) is 17.1 Å². The molecule has 0 unspecified atom stereocenters. The molecule has 0 radical (unpaired) electrons. The fourth-order valence-electron chi connectivity index (χ4n) is 2.83. The molecule has 2 amide bonds. The Morgan fingerprint density at radius 1 is 1.18 bits per heavy atom. The highest BCUT2D eigenvalue weighted by Crippen LogP contribution is 2.22. The molecular formula is C19H17N3O6. The lowest BCUT2D eigenvalue weighted by Gasteiger charge is -2.16. The molecule has 1 aliphatic rings. The van der Waals surface area contributed by atoms with Crippen LogP contribution in [0.2, 0.25) is 0 Å². The van der Waals surface area contributed by atoms with Gasteiger partial charge in [-0.1, -0.05) is 12.1 Å². The number of ether oxygens (including phenoxy) is 1.